The standard InChI is InChI=1S/C22H21N3/c1-16-8-6-7-12-24(16)21-14-19-9-4-5-10-20(19)22(18(21)3)25-13-11-23-15-17(25)2/h4-15H,1-3H3/q+2. The Morgan fingerprint density at radius 3 is 2.40 bits per heavy atom. The molecule has 0 radical (unpaired) electrons. The Bertz CT molecular complexity index is 1080. The van der Waals surface area contributed by atoms with Crippen molar-refractivity contribution in [3.63, 3.8) is 0 Å². The maximum absolute atomic E-state index is 4.25. The third-order valence-electron chi connectivity index (χ3n) is 4.75. The van der Waals surface area contributed by atoms with Crippen LogP contribution in [0.3, 0.4) is 0 Å². The van der Waals surface area contributed by atoms with E-state index in [0.717, 1.165) is 5.69 Å². The van der Waals surface area contributed by atoms with Crippen LogP contribution in [0.15, 0.2) is 73.3 Å². The van der Waals surface area contributed by atoms with E-state index in [0.29, 0.717) is 0 Å². The summed E-state index contributed by atoms with van der Waals surface area (Å²) in [5.74, 6) is 0. The second-order valence-electron chi connectivity index (χ2n) is 6.39. The third-order valence-corrected chi connectivity index (χ3v) is 4.75. The molecule has 0 saturated carbocycles. The summed E-state index contributed by atoms with van der Waals surface area (Å²) in [5.41, 5.74) is 5.99. The number of nitrogens with zero attached hydrogens (tertiary/aromatic N) is 3. The van der Waals surface area contributed by atoms with Gasteiger partial charge in [-0.1, -0.05) is 24.3 Å². The molecule has 0 N–H and O–H groups in total. The normalized spacial score (nSPS) is 11.0. The van der Waals surface area contributed by atoms with Crippen molar-refractivity contribution in [3.05, 3.63) is 90.3 Å². The molecule has 0 bridgehead atoms. The van der Waals surface area contributed by atoms with Gasteiger partial charge in [0.2, 0.25) is 17.1 Å². The Hall–Kier alpha value is -3.07. The highest BCUT2D eigenvalue weighted by Crippen LogP contribution is 2.26. The van der Waals surface area contributed by atoms with Crippen LogP contribution in [0, 0.1) is 20.8 Å². The minimum Gasteiger partial charge on any atom is -0.252 e. The summed E-state index contributed by atoms with van der Waals surface area (Å²) in [6, 6.07) is 17.1. The minimum atomic E-state index is 1.11. The van der Waals surface area contributed by atoms with Crippen LogP contribution in [0.2, 0.25) is 0 Å². The number of pyridine rings is 1. The Labute approximate surface area is 147 Å². The SMILES string of the molecule is Cc1c(-[n+]2ccccc2C)cc2ccccc2c1-[n+]1ccncc1C. The van der Waals surface area contributed by atoms with Gasteiger partial charge in [0.15, 0.2) is 18.1 Å². The molecule has 0 amide bonds. The first-order valence-corrected chi connectivity index (χ1v) is 8.49. The van der Waals surface area contributed by atoms with E-state index >= 15 is 0 Å². The average Bonchev–Trinajstić information content (AvgIpc) is 2.63. The Balaban J connectivity index is 2.13. The van der Waals surface area contributed by atoms with Crippen molar-refractivity contribution in [1.82, 2.24) is 4.98 Å². The van der Waals surface area contributed by atoms with E-state index in [1.165, 1.54) is 33.4 Å². The van der Waals surface area contributed by atoms with Crippen LogP contribution in [0.5, 0.6) is 0 Å². The fraction of sp³-hybridized carbons (Fsp3) is 0.136. The van der Waals surface area contributed by atoms with Crippen LogP contribution in [0.25, 0.3) is 22.1 Å². The largest absolute Gasteiger partial charge is 0.252 e. The molecule has 122 valence electrons. The lowest BCUT2D eigenvalue weighted by molar-refractivity contribution is -0.611. The van der Waals surface area contributed by atoms with Crippen molar-refractivity contribution in [3.8, 4) is 11.4 Å². The van der Waals surface area contributed by atoms with Crippen LogP contribution >= 0.6 is 0 Å². The van der Waals surface area contributed by atoms with Gasteiger partial charge in [0.1, 0.15) is 0 Å². The predicted molar refractivity (Wildman–Crippen MR) is 99.0 cm³/mol. The number of rotatable bonds is 2. The molecule has 0 aliphatic carbocycles. The van der Waals surface area contributed by atoms with Gasteiger partial charge in [-0.3, -0.25) is 4.98 Å². The molecule has 0 saturated heterocycles. The number of aromatic nitrogens is 3. The molecule has 25 heavy (non-hydrogen) atoms. The lowest BCUT2D eigenvalue weighted by Gasteiger charge is -2.10. The van der Waals surface area contributed by atoms with E-state index in [4.69, 9.17) is 0 Å². The first kappa shape index (κ1) is 15.5. The maximum Gasteiger partial charge on any atom is 0.228 e. The van der Waals surface area contributed by atoms with Crippen LogP contribution in [-0.2, 0) is 0 Å². The van der Waals surface area contributed by atoms with Gasteiger partial charge in [-0.2, -0.15) is 9.13 Å². The molecular formula is C22H21N3+2. The van der Waals surface area contributed by atoms with Crippen LogP contribution in [0.1, 0.15) is 17.0 Å². The van der Waals surface area contributed by atoms with Crippen LogP contribution in [0.4, 0.5) is 0 Å². The van der Waals surface area contributed by atoms with E-state index in [1.54, 1.807) is 0 Å². The maximum atomic E-state index is 4.25. The van der Waals surface area contributed by atoms with Crippen molar-refractivity contribution < 1.29 is 9.13 Å². The molecule has 0 spiro atoms. The van der Waals surface area contributed by atoms with E-state index < -0.39 is 0 Å². The highest BCUT2D eigenvalue weighted by Gasteiger charge is 2.25. The molecule has 4 aromatic rings. The van der Waals surface area contributed by atoms with Crippen molar-refractivity contribution in [2.45, 2.75) is 20.8 Å². The Kier molecular flexibility index (Phi) is 3.77. The summed E-state index contributed by atoms with van der Waals surface area (Å²) in [7, 11) is 0. The number of benzene rings is 2. The van der Waals surface area contributed by atoms with Crippen molar-refractivity contribution >= 4 is 10.8 Å². The highest BCUT2D eigenvalue weighted by molar-refractivity contribution is 5.91. The summed E-state index contributed by atoms with van der Waals surface area (Å²) in [4.78, 5) is 4.25. The zero-order valence-corrected chi connectivity index (χ0v) is 14.8. The molecule has 2 aromatic heterocycles. The second-order valence-corrected chi connectivity index (χ2v) is 6.39. The fourth-order valence-corrected chi connectivity index (χ4v) is 3.46. The quantitative estimate of drug-likeness (QED) is 0.514. The van der Waals surface area contributed by atoms with Crippen molar-refractivity contribution in [1.29, 1.82) is 0 Å². The van der Waals surface area contributed by atoms with Gasteiger partial charge in [0, 0.05) is 32.0 Å². The summed E-state index contributed by atoms with van der Waals surface area (Å²) in [6.07, 6.45) is 7.91. The van der Waals surface area contributed by atoms with Gasteiger partial charge in [0.25, 0.3) is 0 Å². The minimum absolute atomic E-state index is 1.11. The molecule has 4 rings (SSSR count). The zero-order chi connectivity index (χ0) is 17.4. The predicted octanol–water partition coefficient (Wildman–Crippen LogP) is 3.71. The fourth-order valence-electron chi connectivity index (χ4n) is 3.46. The summed E-state index contributed by atoms with van der Waals surface area (Å²) < 4.78 is 4.48. The van der Waals surface area contributed by atoms with Gasteiger partial charge < -0.3 is 0 Å². The Morgan fingerprint density at radius 2 is 1.60 bits per heavy atom. The number of fused-ring (bicyclic) bond motifs is 1. The van der Waals surface area contributed by atoms with Gasteiger partial charge in [-0.05, 0) is 18.4 Å². The van der Waals surface area contributed by atoms with Gasteiger partial charge in [-0.25, -0.2) is 0 Å². The molecular weight excluding hydrogens is 306 g/mol. The zero-order valence-electron chi connectivity index (χ0n) is 14.8. The van der Waals surface area contributed by atoms with Crippen molar-refractivity contribution in [2.75, 3.05) is 0 Å². The topological polar surface area (TPSA) is 20.6 Å². The van der Waals surface area contributed by atoms with E-state index in [2.05, 4.69) is 89.6 Å². The smallest absolute Gasteiger partial charge is 0.228 e. The van der Waals surface area contributed by atoms with E-state index in [-0.39, 0.29) is 0 Å². The number of hydrogen-bond donors (Lipinski definition) is 0. The van der Waals surface area contributed by atoms with E-state index in [1.807, 2.05) is 18.6 Å². The van der Waals surface area contributed by atoms with Gasteiger partial charge in [-0.15, -0.1) is 0 Å². The molecule has 0 unspecified atom stereocenters. The summed E-state index contributed by atoms with van der Waals surface area (Å²) in [5, 5.41) is 2.48. The molecule has 3 nitrogen and oxygen atoms in total. The highest BCUT2D eigenvalue weighted by atomic mass is 15.0. The first-order chi connectivity index (χ1) is 12.2. The lowest BCUT2D eigenvalue weighted by Crippen LogP contribution is -2.39. The summed E-state index contributed by atoms with van der Waals surface area (Å²) >= 11 is 0. The lowest BCUT2D eigenvalue weighted by atomic mass is 10.0. The van der Waals surface area contributed by atoms with Crippen molar-refractivity contribution in [2.24, 2.45) is 0 Å². The molecule has 3 heteroatoms. The number of aryl methyl sites for hydroxylation is 2. The van der Waals surface area contributed by atoms with Gasteiger partial charge >= 0.3 is 0 Å². The first-order valence-electron chi connectivity index (χ1n) is 8.49. The number of hydrogen-bond acceptors (Lipinski definition) is 1. The second kappa shape index (κ2) is 6.10. The monoisotopic (exact) mass is 327 g/mol. The average molecular weight is 327 g/mol. The molecule has 0 aliphatic rings. The third kappa shape index (κ3) is 2.58. The molecule has 0 fully saturated rings. The molecule has 2 heterocycles. The summed E-state index contributed by atoms with van der Waals surface area (Å²) in [6.45, 7) is 6.43. The Morgan fingerprint density at radius 1 is 0.800 bits per heavy atom. The van der Waals surface area contributed by atoms with Gasteiger partial charge in [0.05, 0.1) is 23.3 Å². The van der Waals surface area contributed by atoms with Crippen LogP contribution in [-0.4, -0.2) is 4.98 Å². The van der Waals surface area contributed by atoms with E-state index in [9.17, 15) is 0 Å². The molecule has 0 atom stereocenters. The van der Waals surface area contributed by atoms with Crippen LogP contribution < -0.4 is 9.13 Å². The molecule has 2 aromatic carbocycles. The molecule has 0 aliphatic heterocycles.